The molecule has 3 rings (SSSR count). The van der Waals surface area contributed by atoms with Gasteiger partial charge in [-0.3, -0.25) is 14.5 Å². The summed E-state index contributed by atoms with van der Waals surface area (Å²) in [6, 6.07) is 15.3. The summed E-state index contributed by atoms with van der Waals surface area (Å²) in [7, 11) is 1.55. The summed E-state index contributed by atoms with van der Waals surface area (Å²) in [6.45, 7) is 8.48. The van der Waals surface area contributed by atoms with Crippen molar-refractivity contribution < 1.29 is 14.3 Å². The van der Waals surface area contributed by atoms with Gasteiger partial charge >= 0.3 is 0 Å². The van der Waals surface area contributed by atoms with E-state index in [9.17, 15) is 9.59 Å². The van der Waals surface area contributed by atoms with Crippen LogP contribution in [0.25, 0.3) is 0 Å². The van der Waals surface area contributed by atoms with Crippen LogP contribution in [-0.2, 0) is 4.79 Å². The van der Waals surface area contributed by atoms with E-state index < -0.39 is 0 Å². The largest absolute Gasteiger partial charge is 0.484 e. The van der Waals surface area contributed by atoms with E-state index in [0.29, 0.717) is 23.0 Å². The molecular formula is C23H30N4O3. The Hall–Kier alpha value is -3.06. The number of piperazine rings is 1. The predicted molar refractivity (Wildman–Crippen MR) is 119 cm³/mol. The number of hydrogen-bond donors (Lipinski definition) is 2. The molecule has 1 heterocycles. The molecule has 0 aromatic heterocycles. The number of carbonyl (C=O) groups is 2. The lowest BCUT2D eigenvalue weighted by molar-refractivity contribution is -0.122. The minimum absolute atomic E-state index is 0.0687. The number of amides is 2. The minimum atomic E-state index is -0.213. The molecule has 7 nitrogen and oxygen atoms in total. The van der Waals surface area contributed by atoms with Crippen LogP contribution in [0.4, 0.5) is 11.4 Å². The molecule has 1 aliphatic rings. The Kier molecular flexibility index (Phi) is 7.30. The fourth-order valence-corrected chi connectivity index (χ4v) is 3.41. The minimum Gasteiger partial charge on any atom is -0.484 e. The number of nitrogens with zero attached hydrogens (tertiary/aromatic N) is 2. The standard InChI is InChI=1S/C23H30N4O3/c1-17(2)26-11-13-27(14-12-26)20-9-7-18(8-10-20)23(29)25-19-5-4-6-21(15-19)30-16-22(28)24-3/h4-10,15,17H,11-14,16H2,1-3H3,(H,24,28)(H,25,29). The summed E-state index contributed by atoms with van der Waals surface area (Å²) < 4.78 is 5.42. The van der Waals surface area contributed by atoms with Gasteiger partial charge in [-0.2, -0.15) is 0 Å². The van der Waals surface area contributed by atoms with Crippen LogP contribution < -0.4 is 20.3 Å². The van der Waals surface area contributed by atoms with Crippen LogP contribution in [-0.4, -0.2) is 62.6 Å². The number of benzene rings is 2. The van der Waals surface area contributed by atoms with E-state index in [1.807, 2.05) is 24.3 Å². The Morgan fingerprint density at radius 2 is 1.73 bits per heavy atom. The van der Waals surface area contributed by atoms with Gasteiger partial charge in [-0.25, -0.2) is 0 Å². The molecule has 2 aromatic rings. The van der Waals surface area contributed by atoms with Crippen LogP contribution in [0, 0.1) is 0 Å². The molecule has 0 bridgehead atoms. The zero-order chi connectivity index (χ0) is 21.5. The number of ether oxygens (including phenoxy) is 1. The average molecular weight is 411 g/mol. The summed E-state index contributed by atoms with van der Waals surface area (Å²) in [6.07, 6.45) is 0. The molecule has 0 radical (unpaired) electrons. The maximum atomic E-state index is 12.6. The fraction of sp³-hybridized carbons (Fsp3) is 0.391. The van der Waals surface area contributed by atoms with Gasteiger partial charge in [0.15, 0.2) is 6.61 Å². The predicted octanol–water partition coefficient (Wildman–Crippen LogP) is 2.59. The van der Waals surface area contributed by atoms with E-state index in [-0.39, 0.29) is 18.4 Å². The number of anilines is 2. The van der Waals surface area contributed by atoms with Crippen LogP contribution in [0.3, 0.4) is 0 Å². The molecule has 30 heavy (non-hydrogen) atoms. The van der Waals surface area contributed by atoms with Gasteiger partial charge < -0.3 is 20.3 Å². The summed E-state index contributed by atoms with van der Waals surface area (Å²) in [5, 5.41) is 5.38. The van der Waals surface area contributed by atoms with Crippen molar-refractivity contribution in [2.75, 3.05) is 50.1 Å². The molecule has 2 N–H and O–H groups in total. The van der Waals surface area contributed by atoms with Crippen molar-refractivity contribution in [3.8, 4) is 5.75 Å². The third-order valence-electron chi connectivity index (χ3n) is 5.28. The van der Waals surface area contributed by atoms with Gasteiger partial charge in [0.25, 0.3) is 11.8 Å². The Morgan fingerprint density at radius 1 is 1.03 bits per heavy atom. The lowest BCUT2D eigenvalue weighted by atomic mass is 10.1. The van der Waals surface area contributed by atoms with Crippen LogP contribution in [0.2, 0.25) is 0 Å². The molecule has 0 atom stereocenters. The molecule has 0 saturated carbocycles. The summed E-state index contributed by atoms with van der Waals surface area (Å²) in [4.78, 5) is 28.7. The topological polar surface area (TPSA) is 73.9 Å². The fourth-order valence-electron chi connectivity index (χ4n) is 3.41. The first-order valence-corrected chi connectivity index (χ1v) is 10.3. The van der Waals surface area contributed by atoms with Crippen molar-refractivity contribution >= 4 is 23.2 Å². The molecule has 1 aliphatic heterocycles. The van der Waals surface area contributed by atoms with E-state index >= 15 is 0 Å². The van der Waals surface area contributed by atoms with E-state index in [4.69, 9.17) is 4.74 Å². The van der Waals surface area contributed by atoms with Crippen LogP contribution in [0.5, 0.6) is 5.75 Å². The van der Waals surface area contributed by atoms with Gasteiger partial charge in [0.05, 0.1) is 0 Å². The second-order valence-electron chi connectivity index (χ2n) is 7.61. The highest BCUT2D eigenvalue weighted by Crippen LogP contribution is 2.21. The smallest absolute Gasteiger partial charge is 0.257 e. The lowest BCUT2D eigenvalue weighted by Crippen LogP contribution is -2.48. The maximum absolute atomic E-state index is 12.6. The number of carbonyl (C=O) groups excluding carboxylic acids is 2. The van der Waals surface area contributed by atoms with Gasteiger partial charge in [-0.05, 0) is 50.2 Å². The average Bonchev–Trinajstić information content (AvgIpc) is 2.78. The van der Waals surface area contributed by atoms with Gasteiger partial charge in [0.2, 0.25) is 0 Å². The molecule has 0 aliphatic carbocycles. The Balaban J connectivity index is 1.57. The molecule has 1 saturated heterocycles. The zero-order valence-corrected chi connectivity index (χ0v) is 17.9. The molecule has 0 unspecified atom stereocenters. The first-order chi connectivity index (χ1) is 14.5. The molecule has 2 amide bonds. The highest BCUT2D eigenvalue weighted by atomic mass is 16.5. The second-order valence-corrected chi connectivity index (χ2v) is 7.61. The number of nitrogens with one attached hydrogen (secondary N) is 2. The highest BCUT2D eigenvalue weighted by molar-refractivity contribution is 6.04. The summed E-state index contributed by atoms with van der Waals surface area (Å²) in [5.74, 6) is 0.122. The van der Waals surface area contributed by atoms with E-state index in [1.54, 1.807) is 31.3 Å². The summed E-state index contributed by atoms with van der Waals surface area (Å²) in [5.41, 5.74) is 2.35. The number of hydrogen-bond acceptors (Lipinski definition) is 5. The van der Waals surface area contributed by atoms with Crippen molar-refractivity contribution in [2.45, 2.75) is 19.9 Å². The van der Waals surface area contributed by atoms with Crippen LogP contribution in [0.1, 0.15) is 24.2 Å². The van der Waals surface area contributed by atoms with Gasteiger partial charge in [-0.1, -0.05) is 6.07 Å². The van der Waals surface area contributed by atoms with E-state index in [0.717, 1.165) is 31.9 Å². The monoisotopic (exact) mass is 410 g/mol. The van der Waals surface area contributed by atoms with E-state index in [2.05, 4.69) is 34.3 Å². The molecular weight excluding hydrogens is 380 g/mol. The number of rotatable bonds is 7. The third-order valence-corrected chi connectivity index (χ3v) is 5.28. The van der Waals surface area contributed by atoms with Crippen molar-refractivity contribution in [3.05, 3.63) is 54.1 Å². The maximum Gasteiger partial charge on any atom is 0.257 e. The zero-order valence-electron chi connectivity index (χ0n) is 17.9. The molecule has 2 aromatic carbocycles. The van der Waals surface area contributed by atoms with Crippen molar-refractivity contribution in [1.82, 2.24) is 10.2 Å². The SMILES string of the molecule is CNC(=O)COc1cccc(NC(=O)c2ccc(N3CCN(C(C)C)CC3)cc2)c1. The molecule has 1 fully saturated rings. The Bertz CT molecular complexity index is 859. The number of likely N-dealkylation sites (N-methyl/N-ethyl adjacent to an activating group) is 1. The normalized spacial score (nSPS) is 14.5. The van der Waals surface area contributed by atoms with Crippen molar-refractivity contribution in [3.63, 3.8) is 0 Å². The first-order valence-electron chi connectivity index (χ1n) is 10.3. The second kappa shape index (κ2) is 10.1. The van der Waals surface area contributed by atoms with Gasteiger partial charge in [-0.15, -0.1) is 0 Å². The lowest BCUT2D eigenvalue weighted by Gasteiger charge is -2.38. The molecule has 7 heteroatoms. The van der Waals surface area contributed by atoms with Crippen LogP contribution >= 0.6 is 0 Å². The molecule has 0 spiro atoms. The Labute approximate surface area is 178 Å². The first kappa shape index (κ1) is 21.6. The van der Waals surface area contributed by atoms with E-state index in [1.165, 1.54) is 0 Å². The van der Waals surface area contributed by atoms with Crippen molar-refractivity contribution in [1.29, 1.82) is 0 Å². The summed E-state index contributed by atoms with van der Waals surface area (Å²) >= 11 is 0. The highest BCUT2D eigenvalue weighted by Gasteiger charge is 2.19. The molecule has 160 valence electrons. The third kappa shape index (κ3) is 5.73. The van der Waals surface area contributed by atoms with Crippen LogP contribution in [0.15, 0.2) is 48.5 Å². The van der Waals surface area contributed by atoms with Crippen molar-refractivity contribution in [2.24, 2.45) is 0 Å². The Morgan fingerprint density at radius 3 is 2.37 bits per heavy atom. The quantitative estimate of drug-likeness (QED) is 0.734. The van der Waals surface area contributed by atoms with Gasteiger partial charge in [0.1, 0.15) is 5.75 Å². The van der Waals surface area contributed by atoms with Gasteiger partial charge in [0, 0.05) is 62.3 Å².